The first-order valence-corrected chi connectivity index (χ1v) is 10.9. The van der Waals surface area contributed by atoms with Gasteiger partial charge in [0.25, 0.3) is 0 Å². The maximum absolute atomic E-state index is 12.9. The average Bonchev–Trinajstić information content (AvgIpc) is 2.63. The van der Waals surface area contributed by atoms with Gasteiger partial charge in [-0.2, -0.15) is 0 Å². The lowest BCUT2D eigenvalue weighted by molar-refractivity contribution is -0.122. The highest BCUT2D eigenvalue weighted by Crippen LogP contribution is 2.28. The summed E-state index contributed by atoms with van der Waals surface area (Å²) < 4.78 is 31.6. The Balaban J connectivity index is 2.33. The normalized spacial score (nSPS) is 13.5. The number of rotatable bonds is 7. The summed E-state index contributed by atoms with van der Waals surface area (Å²) in [5.41, 5.74) is 3.04. The minimum atomic E-state index is -3.67. The highest BCUT2D eigenvalue weighted by molar-refractivity contribution is 7.92. The quantitative estimate of drug-likeness (QED) is 0.768. The number of hydrogen-bond donors (Lipinski definition) is 1. The number of aryl methyl sites for hydroxylation is 2. The number of sulfonamides is 1. The van der Waals surface area contributed by atoms with Gasteiger partial charge >= 0.3 is 0 Å². The molecule has 0 saturated heterocycles. The Kier molecular flexibility index (Phi) is 6.72. The van der Waals surface area contributed by atoms with Crippen LogP contribution in [0.5, 0.6) is 5.75 Å². The molecule has 2 rings (SSSR count). The van der Waals surface area contributed by atoms with Gasteiger partial charge in [0.1, 0.15) is 11.8 Å². The Morgan fingerprint density at radius 3 is 2.36 bits per heavy atom. The molecule has 152 valence electrons. The van der Waals surface area contributed by atoms with Crippen molar-refractivity contribution in [2.24, 2.45) is 0 Å². The van der Waals surface area contributed by atoms with Gasteiger partial charge in [-0.1, -0.05) is 30.3 Å². The fraction of sp³-hybridized carbons (Fsp3) is 0.381. The van der Waals surface area contributed by atoms with Crippen LogP contribution in [-0.2, 0) is 14.8 Å². The number of nitrogens with one attached hydrogen (secondary N) is 1. The third kappa shape index (κ3) is 4.84. The highest BCUT2D eigenvalue weighted by atomic mass is 32.2. The van der Waals surface area contributed by atoms with Gasteiger partial charge in [-0.15, -0.1) is 0 Å². The van der Waals surface area contributed by atoms with E-state index in [1.807, 2.05) is 57.2 Å². The second-order valence-electron chi connectivity index (χ2n) is 7.00. The Bertz CT molecular complexity index is 957. The summed E-state index contributed by atoms with van der Waals surface area (Å²) in [5.74, 6) is 0.280. The van der Waals surface area contributed by atoms with E-state index >= 15 is 0 Å². The number of ether oxygens (including phenoxy) is 1. The molecule has 0 fully saturated rings. The minimum Gasteiger partial charge on any atom is -0.496 e. The van der Waals surface area contributed by atoms with Crippen molar-refractivity contribution in [1.29, 1.82) is 0 Å². The second kappa shape index (κ2) is 8.65. The zero-order valence-electron chi connectivity index (χ0n) is 17.2. The predicted molar refractivity (Wildman–Crippen MR) is 112 cm³/mol. The van der Waals surface area contributed by atoms with Crippen LogP contribution in [0, 0.1) is 13.8 Å². The van der Waals surface area contributed by atoms with Crippen LogP contribution in [0.1, 0.15) is 36.6 Å². The van der Waals surface area contributed by atoms with Gasteiger partial charge in [-0.3, -0.25) is 9.10 Å². The summed E-state index contributed by atoms with van der Waals surface area (Å²) in [5, 5.41) is 2.90. The smallest absolute Gasteiger partial charge is 0.244 e. The van der Waals surface area contributed by atoms with Crippen molar-refractivity contribution < 1.29 is 17.9 Å². The highest BCUT2D eigenvalue weighted by Gasteiger charge is 2.31. The molecule has 0 radical (unpaired) electrons. The molecule has 2 atom stereocenters. The van der Waals surface area contributed by atoms with Gasteiger partial charge in [-0.05, 0) is 51.0 Å². The van der Waals surface area contributed by atoms with Crippen LogP contribution in [0.3, 0.4) is 0 Å². The van der Waals surface area contributed by atoms with Gasteiger partial charge in [0, 0.05) is 5.56 Å². The molecule has 1 amide bonds. The van der Waals surface area contributed by atoms with Crippen LogP contribution in [-0.4, -0.2) is 33.7 Å². The number of carbonyl (C=O) groups excluding carboxylic acids is 1. The van der Waals surface area contributed by atoms with E-state index in [0.29, 0.717) is 11.4 Å². The Morgan fingerprint density at radius 2 is 1.75 bits per heavy atom. The fourth-order valence-electron chi connectivity index (χ4n) is 3.17. The van der Waals surface area contributed by atoms with Crippen LogP contribution >= 0.6 is 0 Å². The van der Waals surface area contributed by atoms with Crippen molar-refractivity contribution in [2.75, 3.05) is 17.7 Å². The van der Waals surface area contributed by atoms with Crippen molar-refractivity contribution in [3.05, 3.63) is 59.2 Å². The monoisotopic (exact) mass is 404 g/mol. The third-order valence-corrected chi connectivity index (χ3v) is 5.88. The van der Waals surface area contributed by atoms with E-state index < -0.39 is 16.1 Å². The maximum atomic E-state index is 12.9. The zero-order chi connectivity index (χ0) is 21.1. The summed E-state index contributed by atoms with van der Waals surface area (Å²) in [6, 6.07) is 11.7. The van der Waals surface area contributed by atoms with E-state index in [1.54, 1.807) is 20.1 Å². The number of hydrogen-bond acceptors (Lipinski definition) is 4. The molecule has 0 bridgehead atoms. The standard InChI is InChI=1S/C21H28N2O4S/c1-14-11-12-15(2)19(13-14)23(28(6,25)26)17(4)21(24)22-16(3)18-9-7-8-10-20(18)27-5/h7-13,16-17H,1-6H3,(H,22,24)/t16-,17+/m1/s1. The molecule has 2 aromatic carbocycles. The average molecular weight is 405 g/mol. The Hall–Kier alpha value is -2.54. The molecule has 0 unspecified atom stereocenters. The molecule has 0 aliphatic carbocycles. The van der Waals surface area contributed by atoms with E-state index in [-0.39, 0.29) is 11.9 Å². The van der Waals surface area contributed by atoms with E-state index in [1.165, 1.54) is 4.31 Å². The number of nitrogens with zero attached hydrogens (tertiary/aromatic N) is 1. The van der Waals surface area contributed by atoms with Crippen LogP contribution in [0.4, 0.5) is 5.69 Å². The third-order valence-electron chi connectivity index (χ3n) is 4.65. The Morgan fingerprint density at radius 1 is 1.11 bits per heavy atom. The molecule has 0 heterocycles. The molecule has 0 aliphatic heterocycles. The minimum absolute atomic E-state index is 0.342. The molecular formula is C21H28N2O4S. The van der Waals surface area contributed by atoms with Crippen LogP contribution < -0.4 is 14.4 Å². The lowest BCUT2D eigenvalue weighted by Gasteiger charge is -2.30. The largest absolute Gasteiger partial charge is 0.496 e. The molecule has 2 aromatic rings. The fourth-order valence-corrected chi connectivity index (χ4v) is 4.40. The van der Waals surface area contributed by atoms with Gasteiger partial charge in [-0.25, -0.2) is 8.42 Å². The number of amides is 1. The number of carbonyl (C=O) groups is 1. The summed E-state index contributed by atoms with van der Waals surface area (Å²) in [7, 11) is -2.10. The first-order valence-electron chi connectivity index (χ1n) is 9.06. The predicted octanol–water partition coefficient (Wildman–Crippen LogP) is 3.34. The molecule has 28 heavy (non-hydrogen) atoms. The van der Waals surface area contributed by atoms with Gasteiger partial charge in [0.2, 0.25) is 15.9 Å². The van der Waals surface area contributed by atoms with E-state index in [9.17, 15) is 13.2 Å². The Labute approximate surface area is 167 Å². The van der Waals surface area contributed by atoms with Gasteiger partial charge < -0.3 is 10.1 Å². The molecule has 6 nitrogen and oxygen atoms in total. The molecule has 0 spiro atoms. The molecule has 0 aliphatic rings. The van der Waals surface area contributed by atoms with E-state index in [2.05, 4.69) is 5.32 Å². The molecule has 1 N–H and O–H groups in total. The second-order valence-corrected chi connectivity index (χ2v) is 8.86. The topological polar surface area (TPSA) is 75.7 Å². The van der Waals surface area contributed by atoms with Crippen molar-refractivity contribution in [1.82, 2.24) is 5.32 Å². The molecular weight excluding hydrogens is 376 g/mol. The summed E-state index contributed by atoms with van der Waals surface area (Å²) in [6.45, 7) is 7.14. The summed E-state index contributed by atoms with van der Waals surface area (Å²) in [4.78, 5) is 12.9. The number of para-hydroxylation sites is 1. The first kappa shape index (κ1) is 21.8. The van der Waals surface area contributed by atoms with Crippen molar-refractivity contribution in [3.63, 3.8) is 0 Å². The van der Waals surface area contributed by atoms with Crippen molar-refractivity contribution in [3.8, 4) is 5.75 Å². The maximum Gasteiger partial charge on any atom is 0.244 e. The number of anilines is 1. The van der Waals surface area contributed by atoms with Crippen LogP contribution in [0.25, 0.3) is 0 Å². The van der Waals surface area contributed by atoms with Crippen molar-refractivity contribution >= 4 is 21.6 Å². The van der Waals surface area contributed by atoms with Gasteiger partial charge in [0.15, 0.2) is 0 Å². The summed E-state index contributed by atoms with van der Waals surface area (Å²) >= 11 is 0. The van der Waals surface area contributed by atoms with Crippen molar-refractivity contribution in [2.45, 2.75) is 39.8 Å². The number of methoxy groups -OCH3 is 1. The molecule has 0 saturated carbocycles. The summed E-state index contributed by atoms with van der Waals surface area (Å²) in [6.07, 6.45) is 1.11. The number of benzene rings is 2. The van der Waals surface area contributed by atoms with Gasteiger partial charge in [0.05, 0.1) is 25.1 Å². The first-order chi connectivity index (χ1) is 13.1. The van der Waals surface area contributed by atoms with E-state index in [0.717, 1.165) is 22.9 Å². The lowest BCUT2D eigenvalue weighted by Crippen LogP contribution is -2.48. The molecule has 0 aromatic heterocycles. The van der Waals surface area contributed by atoms with Crippen LogP contribution in [0.2, 0.25) is 0 Å². The zero-order valence-corrected chi connectivity index (χ0v) is 18.0. The molecule has 7 heteroatoms. The lowest BCUT2D eigenvalue weighted by atomic mass is 10.1. The van der Waals surface area contributed by atoms with Crippen LogP contribution in [0.15, 0.2) is 42.5 Å². The SMILES string of the molecule is COc1ccccc1[C@@H](C)NC(=O)[C@H](C)N(c1cc(C)ccc1C)S(C)(=O)=O. The van der Waals surface area contributed by atoms with E-state index in [4.69, 9.17) is 4.74 Å².